The molecule has 0 saturated heterocycles. The Bertz CT molecular complexity index is 1110. The van der Waals surface area contributed by atoms with E-state index in [1.807, 2.05) is 12.1 Å². The lowest BCUT2D eigenvalue weighted by atomic mass is 9.84. The summed E-state index contributed by atoms with van der Waals surface area (Å²) in [6, 6.07) is 12.5. The zero-order valence-corrected chi connectivity index (χ0v) is 19.9. The van der Waals surface area contributed by atoms with Crippen molar-refractivity contribution in [2.24, 2.45) is 5.92 Å². The molecule has 5 nitrogen and oxygen atoms in total. The van der Waals surface area contributed by atoms with Gasteiger partial charge < -0.3 is 15.0 Å². The highest BCUT2D eigenvalue weighted by Crippen LogP contribution is 2.36. The molecule has 1 fully saturated rings. The van der Waals surface area contributed by atoms with Gasteiger partial charge in [0.25, 0.3) is 5.91 Å². The Morgan fingerprint density at radius 3 is 2.47 bits per heavy atom. The molecule has 0 spiro atoms. The van der Waals surface area contributed by atoms with E-state index in [2.05, 4.69) is 9.97 Å². The van der Waals surface area contributed by atoms with Gasteiger partial charge >= 0.3 is 0 Å². The SMILES string of the molecule is CN(C(=O)c1nc(-c2ccc(Cl)cc2)c(-c2ccc(Cl)cc2Cl)[nH]1)[C@@H]1CCCC[C@@H]1CO. The number of carbonyl (C=O) groups excluding carboxylic acids is 1. The number of carbonyl (C=O) groups is 1. The van der Waals surface area contributed by atoms with E-state index in [9.17, 15) is 9.90 Å². The highest BCUT2D eigenvalue weighted by Gasteiger charge is 2.32. The first-order valence-electron chi connectivity index (χ1n) is 10.6. The summed E-state index contributed by atoms with van der Waals surface area (Å²) in [5, 5.41) is 11.4. The Morgan fingerprint density at radius 2 is 1.78 bits per heavy atom. The molecule has 168 valence electrons. The Balaban J connectivity index is 1.76. The van der Waals surface area contributed by atoms with Gasteiger partial charge in [0.15, 0.2) is 5.82 Å². The van der Waals surface area contributed by atoms with Crippen molar-refractivity contribution in [1.82, 2.24) is 14.9 Å². The van der Waals surface area contributed by atoms with Gasteiger partial charge in [-0.2, -0.15) is 0 Å². The van der Waals surface area contributed by atoms with Crippen molar-refractivity contribution in [2.45, 2.75) is 31.7 Å². The maximum Gasteiger partial charge on any atom is 0.289 e. The molecule has 1 aliphatic rings. The van der Waals surface area contributed by atoms with E-state index < -0.39 is 0 Å². The zero-order chi connectivity index (χ0) is 22.8. The van der Waals surface area contributed by atoms with Crippen molar-refractivity contribution in [1.29, 1.82) is 0 Å². The van der Waals surface area contributed by atoms with Crippen LogP contribution in [0.25, 0.3) is 22.5 Å². The normalized spacial score (nSPS) is 18.5. The summed E-state index contributed by atoms with van der Waals surface area (Å²) in [6.07, 6.45) is 3.90. The topological polar surface area (TPSA) is 69.2 Å². The van der Waals surface area contributed by atoms with Crippen LogP contribution in [0.2, 0.25) is 15.1 Å². The molecule has 32 heavy (non-hydrogen) atoms. The number of nitrogens with zero attached hydrogens (tertiary/aromatic N) is 2. The third kappa shape index (κ3) is 4.67. The fourth-order valence-corrected chi connectivity index (χ4v) is 5.04. The van der Waals surface area contributed by atoms with Gasteiger partial charge in [-0.05, 0) is 43.2 Å². The highest BCUT2D eigenvalue weighted by molar-refractivity contribution is 6.36. The van der Waals surface area contributed by atoms with Crippen LogP contribution in [0.1, 0.15) is 36.3 Å². The number of nitrogens with one attached hydrogen (secondary N) is 1. The Labute approximate surface area is 202 Å². The predicted octanol–water partition coefficient (Wildman–Crippen LogP) is 6.33. The number of hydrogen-bond donors (Lipinski definition) is 2. The van der Waals surface area contributed by atoms with Crippen molar-refractivity contribution < 1.29 is 9.90 Å². The summed E-state index contributed by atoms with van der Waals surface area (Å²) >= 11 is 18.6. The summed E-state index contributed by atoms with van der Waals surface area (Å²) in [5.74, 6) is 0.0798. The Morgan fingerprint density at radius 1 is 1.09 bits per heavy atom. The lowest BCUT2D eigenvalue weighted by Crippen LogP contribution is -2.45. The number of halogens is 3. The number of aliphatic hydroxyl groups is 1. The number of imidazole rings is 1. The number of rotatable bonds is 5. The molecule has 0 aliphatic heterocycles. The molecule has 2 N–H and O–H groups in total. The van der Waals surface area contributed by atoms with E-state index in [1.54, 1.807) is 42.3 Å². The second-order valence-electron chi connectivity index (χ2n) is 8.15. The molecule has 3 aromatic rings. The number of aromatic amines is 1. The molecule has 8 heteroatoms. The Hall–Kier alpha value is -2.05. The fourth-order valence-electron chi connectivity index (χ4n) is 4.41. The van der Waals surface area contributed by atoms with E-state index in [0.717, 1.165) is 31.2 Å². The molecule has 4 rings (SSSR count). The van der Waals surface area contributed by atoms with Gasteiger partial charge in [0.2, 0.25) is 0 Å². The van der Waals surface area contributed by atoms with E-state index in [4.69, 9.17) is 34.8 Å². The minimum atomic E-state index is -0.220. The number of hydrogen-bond acceptors (Lipinski definition) is 3. The summed E-state index contributed by atoms with van der Waals surface area (Å²) in [6.45, 7) is 0.0715. The smallest absolute Gasteiger partial charge is 0.289 e. The van der Waals surface area contributed by atoms with E-state index >= 15 is 0 Å². The van der Waals surface area contributed by atoms with Crippen molar-refractivity contribution >= 4 is 40.7 Å². The van der Waals surface area contributed by atoms with Gasteiger partial charge in [0, 0.05) is 46.8 Å². The standard InChI is InChI=1S/C24H24Cl3N3O2/c1-30(20-5-3-2-4-15(20)13-31)24(32)23-28-21(14-6-8-16(25)9-7-14)22(29-23)18-11-10-17(26)12-19(18)27/h6-12,15,20,31H,2-5,13H2,1H3,(H,28,29)/t15-,20-/m1/s1. The third-order valence-corrected chi connectivity index (χ3v) is 6.95. The molecular weight excluding hydrogens is 469 g/mol. The number of aromatic nitrogens is 2. The van der Waals surface area contributed by atoms with Crippen molar-refractivity contribution in [3.8, 4) is 22.5 Å². The maximum atomic E-state index is 13.4. The fraction of sp³-hybridized carbons (Fsp3) is 0.333. The predicted molar refractivity (Wildman–Crippen MR) is 129 cm³/mol. The van der Waals surface area contributed by atoms with Gasteiger partial charge in [-0.1, -0.05) is 59.8 Å². The first-order chi connectivity index (χ1) is 15.4. The van der Waals surface area contributed by atoms with Crippen LogP contribution < -0.4 is 0 Å². The van der Waals surface area contributed by atoms with Gasteiger partial charge in [-0.25, -0.2) is 4.98 Å². The quantitative estimate of drug-likeness (QED) is 0.437. The van der Waals surface area contributed by atoms with E-state index in [-0.39, 0.29) is 30.3 Å². The molecule has 1 saturated carbocycles. The second-order valence-corrected chi connectivity index (χ2v) is 9.43. The molecule has 1 amide bonds. The highest BCUT2D eigenvalue weighted by atomic mass is 35.5. The molecule has 0 radical (unpaired) electrons. The summed E-state index contributed by atoms with van der Waals surface area (Å²) in [4.78, 5) is 23.0. The van der Waals surface area contributed by atoms with E-state index in [0.29, 0.717) is 32.0 Å². The number of benzene rings is 2. The lowest BCUT2D eigenvalue weighted by Gasteiger charge is -2.36. The van der Waals surface area contributed by atoms with Crippen LogP contribution >= 0.6 is 34.8 Å². The van der Waals surface area contributed by atoms with Crippen LogP contribution in [-0.4, -0.2) is 45.6 Å². The molecule has 0 unspecified atom stereocenters. The monoisotopic (exact) mass is 491 g/mol. The van der Waals surface area contributed by atoms with Gasteiger partial charge in [-0.15, -0.1) is 0 Å². The van der Waals surface area contributed by atoms with Crippen LogP contribution in [0.4, 0.5) is 0 Å². The average Bonchev–Trinajstić information content (AvgIpc) is 3.23. The number of aliphatic hydroxyl groups excluding tert-OH is 1. The summed E-state index contributed by atoms with van der Waals surface area (Å²) in [7, 11) is 1.78. The van der Waals surface area contributed by atoms with Crippen LogP contribution in [0.3, 0.4) is 0 Å². The largest absolute Gasteiger partial charge is 0.396 e. The molecule has 1 aromatic heterocycles. The van der Waals surface area contributed by atoms with Crippen LogP contribution in [0, 0.1) is 5.92 Å². The van der Waals surface area contributed by atoms with Crippen LogP contribution in [-0.2, 0) is 0 Å². The molecule has 0 bridgehead atoms. The molecular formula is C24H24Cl3N3O2. The first-order valence-corrected chi connectivity index (χ1v) is 11.7. The van der Waals surface area contributed by atoms with Crippen LogP contribution in [0.5, 0.6) is 0 Å². The van der Waals surface area contributed by atoms with Gasteiger partial charge in [0.05, 0.1) is 16.4 Å². The third-order valence-electron chi connectivity index (χ3n) is 6.15. The summed E-state index contributed by atoms with van der Waals surface area (Å²) < 4.78 is 0. The van der Waals surface area contributed by atoms with Gasteiger partial charge in [-0.3, -0.25) is 4.79 Å². The van der Waals surface area contributed by atoms with Gasteiger partial charge in [0.1, 0.15) is 0 Å². The van der Waals surface area contributed by atoms with Crippen LogP contribution in [0.15, 0.2) is 42.5 Å². The molecule has 1 heterocycles. The van der Waals surface area contributed by atoms with E-state index in [1.165, 1.54) is 0 Å². The lowest BCUT2D eigenvalue weighted by molar-refractivity contribution is 0.0508. The molecule has 2 aromatic carbocycles. The summed E-state index contributed by atoms with van der Waals surface area (Å²) in [5.41, 5.74) is 2.73. The van der Waals surface area contributed by atoms with Crippen molar-refractivity contribution in [3.63, 3.8) is 0 Å². The van der Waals surface area contributed by atoms with Crippen molar-refractivity contribution in [2.75, 3.05) is 13.7 Å². The average molecular weight is 493 g/mol. The minimum absolute atomic E-state index is 0.0205. The van der Waals surface area contributed by atoms with Crippen molar-refractivity contribution in [3.05, 3.63) is 63.4 Å². The zero-order valence-electron chi connectivity index (χ0n) is 17.6. The number of H-pyrrole nitrogens is 1. The first kappa shape index (κ1) is 23.1. The second kappa shape index (κ2) is 9.84. The Kier molecular flexibility index (Phi) is 7.11. The molecule has 1 aliphatic carbocycles. The molecule has 2 atom stereocenters. The maximum absolute atomic E-state index is 13.4. The number of amides is 1. The minimum Gasteiger partial charge on any atom is -0.396 e.